The molecule has 1 aromatic rings. The molecule has 0 spiro atoms. The molecule has 128 valence electrons. The highest BCUT2D eigenvalue weighted by Gasteiger charge is 2.28. The summed E-state index contributed by atoms with van der Waals surface area (Å²) in [5.74, 6) is 0.917. The maximum atomic E-state index is 12.4. The number of hydrogen-bond donors (Lipinski definition) is 1. The molecule has 2 fully saturated rings. The molecular weight excluding hydrogens is 372 g/mol. The van der Waals surface area contributed by atoms with Gasteiger partial charge in [-0.3, -0.25) is 4.79 Å². The average Bonchev–Trinajstić information content (AvgIpc) is 2.62. The molecule has 0 bridgehead atoms. The summed E-state index contributed by atoms with van der Waals surface area (Å²) in [4.78, 5) is 18.9. The summed E-state index contributed by atoms with van der Waals surface area (Å²) in [6.07, 6.45) is 5.09. The predicted molar refractivity (Wildman–Crippen MR) is 93.6 cm³/mol. The number of aromatic nitrogens is 1. The number of nitrogens with zero attached hydrogens (tertiary/aromatic N) is 3. The van der Waals surface area contributed by atoms with Crippen LogP contribution in [0, 0.1) is 17.2 Å². The van der Waals surface area contributed by atoms with Crippen molar-refractivity contribution in [2.45, 2.75) is 31.7 Å². The Morgan fingerprint density at radius 3 is 2.71 bits per heavy atom. The topological polar surface area (TPSA) is 78.2 Å². The lowest BCUT2D eigenvalue weighted by molar-refractivity contribution is -0.126. The van der Waals surface area contributed by atoms with Crippen LogP contribution in [0.15, 0.2) is 16.7 Å². The number of hydrogen-bond acceptors (Lipinski definition) is 5. The van der Waals surface area contributed by atoms with Crippen LogP contribution in [0.3, 0.4) is 0 Å². The molecule has 0 aromatic carbocycles. The maximum absolute atomic E-state index is 12.4. The number of nitrogens with one attached hydrogen (secondary N) is 1. The van der Waals surface area contributed by atoms with Crippen molar-refractivity contribution in [1.29, 1.82) is 5.26 Å². The molecule has 0 radical (unpaired) electrons. The zero-order valence-electron chi connectivity index (χ0n) is 13.5. The molecule has 2 saturated heterocycles. The van der Waals surface area contributed by atoms with E-state index < -0.39 is 0 Å². The lowest BCUT2D eigenvalue weighted by Crippen LogP contribution is -2.45. The Bertz CT molecular complexity index is 632. The second kappa shape index (κ2) is 7.95. The zero-order valence-corrected chi connectivity index (χ0v) is 15.1. The van der Waals surface area contributed by atoms with E-state index in [1.807, 2.05) is 0 Å². The van der Waals surface area contributed by atoms with Gasteiger partial charge in [0.25, 0.3) is 0 Å². The van der Waals surface area contributed by atoms with Gasteiger partial charge in [0.05, 0.1) is 5.56 Å². The number of rotatable bonds is 3. The van der Waals surface area contributed by atoms with E-state index in [9.17, 15) is 10.1 Å². The Balaban J connectivity index is 1.56. The molecule has 2 aliphatic rings. The number of pyridine rings is 1. The highest BCUT2D eigenvalue weighted by molar-refractivity contribution is 9.10. The minimum Gasteiger partial charge on any atom is -0.381 e. The SMILES string of the molecule is N#Cc1cc(Br)cnc1N1CCC(C(=O)NC2CCOCC2)CC1. The first-order valence-electron chi connectivity index (χ1n) is 8.36. The minimum atomic E-state index is 0.0464. The van der Waals surface area contributed by atoms with Gasteiger partial charge in [0.2, 0.25) is 5.91 Å². The number of carbonyl (C=O) groups is 1. The van der Waals surface area contributed by atoms with Crippen molar-refractivity contribution in [2.75, 3.05) is 31.2 Å². The fourth-order valence-corrected chi connectivity index (χ4v) is 3.61. The molecule has 0 aliphatic carbocycles. The van der Waals surface area contributed by atoms with Crippen LogP contribution in [0.5, 0.6) is 0 Å². The molecule has 7 heteroatoms. The van der Waals surface area contributed by atoms with Gasteiger partial charge in [-0.25, -0.2) is 4.98 Å². The van der Waals surface area contributed by atoms with E-state index in [0.717, 1.165) is 56.5 Å². The molecule has 0 atom stereocenters. The quantitative estimate of drug-likeness (QED) is 0.852. The van der Waals surface area contributed by atoms with Crippen molar-refractivity contribution < 1.29 is 9.53 Å². The van der Waals surface area contributed by atoms with Crippen LogP contribution in [-0.2, 0) is 9.53 Å². The summed E-state index contributed by atoms with van der Waals surface area (Å²) < 4.78 is 6.12. The normalized spacial score (nSPS) is 19.8. The first-order valence-corrected chi connectivity index (χ1v) is 9.15. The monoisotopic (exact) mass is 392 g/mol. The summed E-state index contributed by atoms with van der Waals surface area (Å²) in [6.45, 7) is 2.95. The Kier molecular flexibility index (Phi) is 5.69. The molecule has 24 heavy (non-hydrogen) atoms. The average molecular weight is 393 g/mol. The van der Waals surface area contributed by atoms with Crippen molar-refractivity contribution in [1.82, 2.24) is 10.3 Å². The lowest BCUT2D eigenvalue weighted by Gasteiger charge is -2.33. The van der Waals surface area contributed by atoms with Gasteiger partial charge in [0.15, 0.2) is 0 Å². The third kappa shape index (κ3) is 4.05. The molecule has 1 N–H and O–H groups in total. The largest absolute Gasteiger partial charge is 0.381 e. The second-order valence-corrected chi connectivity index (χ2v) is 7.21. The van der Waals surface area contributed by atoms with Crippen LogP contribution in [0.4, 0.5) is 5.82 Å². The number of carbonyl (C=O) groups excluding carboxylic acids is 1. The summed E-state index contributed by atoms with van der Waals surface area (Å²) in [6, 6.07) is 4.23. The van der Waals surface area contributed by atoms with Crippen LogP contribution in [-0.4, -0.2) is 43.2 Å². The Hall–Kier alpha value is -1.65. The second-order valence-electron chi connectivity index (χ2n) is 6.29. The Labute approximate surface area is 150 Å². The van der Waals surface area contributed by atoms with Crippen LogP contribution >= 0.6 is 15.9 Å². The highest BCUT2D eigenvalue weighted by atomic mass is 79.9. The van der Waals surface area contributed by atoms with E-state index in [1.54, 1.807) is 12.3 Å². The van der Waals surface area contributed by atoms with Crippen molar-refractivity contribution in [3.05, 3.63) is 22.3 Å². The molecule has 3 rings (SSSR count). The fraction of sp³-hybridized carbons (Fsp3) is 0.588. The molecule has 2 aliphatic heterocycles. The summed E-state index contributed by atoms with van der Waals surface area (Å²) in [7, 11) is 0. The zero-order chi connectivity index (χ0) is 16.9. The molecular formula is C17H21BrN4O2. The van der Waals surface area contributed by atoms with Crippen molar-refractivity contribution in [3.63, 3.8) is 0 Å². The van der Waals surface area contributed by atoms with Crippen molar-refractivity contribution >= 4 is 27.7 Å². The number of anilines is 1. The number of piperidine rings is 1. The Morgan fingerprint density at radius 1 is 1.33 bits per heavy atom. The van der Waals surface area contributed by atoms with Crippen LogP contribution in [0.2, 0.25) is 0 Å². The van der Waals surface area contributed by atoms with Gasteiger partial charge < -0.3 is 15.0 Å². The number of amides is 1. The standard InChI is InChI=1S/C17H21BrN4O2/c18-14-9-13(10-19)16(20-11-14)22-5-1-12(2-6-22)17(23)21-15-3-7-24-8-4-15/h9,11-12,15H,1-8H2,(H,21,23). The fourth-order valence-electron chi connectivity index (χ4n) is 3.28. The highest BCUT2D eigenvalue weighted by Crippen LogP contribution is 2.26. The molecule has 1 aromatic heterocycles. The third-order valence-corrected chi connectivity index (χ3v) is 5.12. The summed E-state index contributed by atoms with van der Waals surface area (Å²) in [5, 5.41) is 12.4. The smallest absolute Gasteiger partial charge is 0.223 e. The number of nitriles is 1. The summed E-state index contributed by atoms with van der Waals surface area (Å²) >= 11 is 3.34. The van der Waals surface area contributed by atoms with E-state index in [0.29, 0.717) is 11.4 Å². The number of halogens is 1. The number of ether oxygens (including phenoxy) is 1. The molecule has 1 amide bonds. The molecule has 3 heterocycles. The van der Waals surface area contributed by atoms with Gasteiger partial charge in [-0.2, -0.15) is 5.26 Å². The van der Waals surface area contributed by atoms with Gasteiger partial charge in [-0.15, -0.1) is 0 Å². The van der Waals surface area contributed by atoms with E-state index in [2.05, 4.69) is 37.2 Å². The first kappa shape index (κ1) is 17.2. The van der Waals surface area contributed by atoms with E-state index in [1.165, 1.54) is 0 Å². The van der Waals surface area contributed by atoms with E-state index >= 15 is 0 Å². The van der Waals surface area contributed by atoms with Crippen LogP contribution in [0.25, 0.3) is 0 Å². The minimum absolute atomic E-state index is 0.0464. The molecule has 6 nitrogen and oxygen atoms in total. The Morgan fingerprint density at radius 2 is 2.04 bits per heavy atom. The van der Waals surface area contributed by atoms with Gasteiger partial charge in [-0.05, 0) is 47.7 Å². The van der Waals surface area contributed by atoms with Gasteiger partial charge in [0, 0.05) is 48.9 Å². The maximum Gasteiger partial charge on any atom is 0.223 e. The lowest BCUT2D eigenvalue weighted by atomic mass is 9.94. The van der Waals surface area contributed by atoms with Crippen LogP contribution < -0.4 is 10.2 Å². The first-order chi connectivity index (χ1) is 11.7. The van der Waals surface area contributed by atoms with E-state index in [4.69, 9.17) is 4.74 Å². The predicted octanol–water partition coefficient (Wildman–Crippen LogP) is 2.23. The van der Waals surface area contributed by atoms with Gasteiger partial charge in [-0.1, -0.05) is 0 Å². The molecule has 0 unspecified atom stereocenters. The van der Waals surface area contributed by atoms with Crippen molar-refractivity contribution in [2.24, 2.45) is 5.92 Å². The van der Waals surface area contributed by atoms with Crippen LogP contribution in [0.1, 0.15) is 31.2 Å². The third-order valence-electron chi connectivity index (χ3n) is 4.69. The molecule has 0 saturated carbocycles. The van der Waals surface area contributed by atoms with Gasteiger partial charge >= 0.3 is 0 Å². The van der Waals surface area contributed by atoms with E-state index in [-0.39, 0.29) is 17.9 Å². The van der Waals surface area contributed by atoms with Gasteiger partial charge in [0.1, 0.15) is 11.9 Å². The van der Waals surface area contributed by atoms with Crippen molar-refractivity contribution in [3.8, 4) is 6.07 Å². The summed E-state index contributed by atoms with van der Waals surface area (Å²) in [5.41, 5.74) is 0.564.